The quantitative estimate of drug-likeness (QED) is 0.728. The number of nitrogens with two attached hydrogens (primary N) is 1. The monoisotopic (exact) mass is 239 g/mol. The number of halogens is 1. The molecule has 0 bridgehead atoms. The molecule has 68 valence electrons. The molecule has 3 N–H and O–H groups in total. The van der Waals surface area contributed by atoms with E-state index < -0.39 is 0 Å². The van der Waals surface area contributed by atoms with Gasteiger partial charge in [-0.2, -0.15) is 0 Å². The van der Waals surface area contributed by atoms with Crippen LogP contribution in [0.1, 0.15) is 5.56 Å². The van der Waals surface area contributed by atoms with E-state index in [2.05, 4.69) is 26.2 Å². The smallest absolute Gasteiger partial charge is 0.130 e. The maximum absolute atomic E-state index is 5.85. The van der Waals surface area contributed by atoms with Gasteiger partial charge in [-0.15, -0.1) is 0 Å². The molecule has 0 fully saturated rings. The zero-order valence-corrected chi connectivity index (χ0v) is 8.63. The van der Waals surface area contributed by atoms with Gasteiger partial charge < -0.3 is 11.1 Å². The molecular weight excluding hydrogens is 230 g/mol. The van der Waals surface area contributed by atoms with Crippen LogP contribution in [0.3, 0.4) is 0 Å². The number of nitrogens with one attached hydrogen (secondary N) is 1. The molecule has 13 heavy (non-hydrogen) atoms. The molecule has 0 aliphatic carbocycles. The van der Waals surface area contributed by atoms with Crippen molar-refractivity contribution in [2.24, 2.45) is 4.99 Å². The standard InChI is InChI=1S/C9H10BrN3/c10-6-1-2-7(8(11)5-6)9-12-3-4-13-9/h1-2,5H,3-4,11H2,(H,12,13). The second-order valence-corrected chi connectivity index (χ2v) is 3.80. The Hall–Kier alpha value is -1.03. The summed E-state index contributed by atoms with van der Waals surface area (Å²) in [6, 6.07) is 5.82. The Labute approximate surface area is 85.2 Å². The average Bonchev–Trinajstić information content (AvgIpc) is 2.56. The van der Waals surface area contributed by atoms with E-state index in [9.17, 15) is 0 Å². The first kappa shape index (κ1) is 8.56. The van der Waals surface area contributed by atoms with Gasteiger partial charge in [-0.25, -0.2) is 0 Å². The summed E-state index contributed by atoms with van der Waals surface area (Å²) in [5.41, 5.74) is 7.59. The van der Waals surface area contributed by atoms with Gasteiger partial charge in [0.05, 0.1) is 6.54 Å². The van der Waals surface area contributed by atoms with Gasteiger partial charge in [0.15, 0.2) is 0 Å². The Bertz CT molecular complexity index is 360. The molecule has 1 aliphatic heterocycles. The Balaban J connectivity index is 2.40. The van der Waals surface area contributed by atoms with Crippen molar-refractivity contribution < 1.29 is 0 Å². The molecule has 1 aromatic rings. The van der Waals surface area contributed by atoms with Crippen molar-refractivity contribution in [2.75, 3.05) is 18.8 Å². The van der Waals surface area contributed by atoms with Crippen LogP contribution in [0.2, 0.25) is 0 Å². The summed E-state index contributed by atoms with van der Waals surface area (Å²) in [6.45, 7) is 1.75. The third-order valence-electron chi connectivity index (χ3n) is 1.94. The summed E-state index contributed by atoms with van der Waals surface area (Å²) in [5, 5.41) is 3.19. The van der Waals surface area contributed by atoms with Crippen LogP contribution in [0.5, 0.6) is 0 Å². The van der Waals surface area contributed by atoms with Crippen molar-refractivity contribution in [3.05, 3.63) is 28.2 Å². The van der Waals surface area contributed by atoms with E-state index in [1.807, 2.05) is 18.2 Å². The Morgan fingerprint density at radius 1 is 1.46 bits per heavy atom. The summed E-state index contributed by atoms with van der Waals surface area (Å²) in [6.07, 6.45) is 0. The normalized spacial score (nSPS) is 15.3. The molecule has 0 saturated heterocycles. The molecule has 1 aromatic carbocycles. The van der Waals surface area contributed by atoms with Crippen molar-refractivity contribution in [3.8, 4) is 0 Å². The number of anilines is 1. The van der Waals surface area contributed by atoms with Crippen LogP contribution in [0, 0.1) is 0 Å². The molecule has 0 amide bonds. The van der Waals surface area contributed by atoms with Gasteiger partial charge >= 0.3 is 0 Å². The molecule has 4 heteroatoms. The molecule has 1 heterocycles. The number of aliphatic imine (C=N–C) groups is 1. The van der Waals surface area contributed by atoms with Gasteiger partial charge in [0.25, 0.3) is 0 Å². The molecule has 2 rings (SSSR count). The van der Waals surface area contributed by atoms with Crippen LogP contribution in [0.15, 0.2) is 27.7 Å². The topological polar surface area (TPSA) is 50.4 Å². The van der Waals surface area contributed by atoms with Gasteiger partial charge in [0.2, 0.25) is 0 Å². The van der Waals surface area contributed by atoms with E-state index in [-0.39, 0.29) is 0 Å². The van der Waals surface area contributed by atoms with Gasteiger partial charge in [0, 0.05) is 22.3 Å². The maximum atomic E-state index is 5.85. The van der Waals surface area contributed by atoms with E-state index >= 15 is 0 Å². The summed E-state index contributed by atoms with van der Waals surface area (Å²) in [7, 11) is 0. The number of nitrogen functional groups attached to an aromatic ring is 1. The zero-order valence-electron chi connectivity index (χ0n) is 7.05. The largest absolute Gasteiger partial charge is 0.398 e. The first-order valence-electron chi connectivity index (χ1n) is 4.11. The highest BCUT2D eigenvalue weighted by molar-refractivity contribution is 9.10. The molecule has 0 unspecified atom stereocenters. The highest BCUT2D eigenvalue weighted by atomic mass is 79.9. The van der Waals surface area contributed by atoms with Crippen molar-refractivity contribution in [2.45, 2.75) is 0 Å². The number of hydrogen-bond acceptors (Lipinski definition) is 3. The van der Waals surface area contributed by atoms with Gasteiger partial charge in [-0.05, 0) is 18.2 Å². The second-order valence-electron chi connectivity index (χ2n) is 2.89. The highest BCUT2D eigenvalue weighted by Crippen LogP contribution is 2.19. The third kappa shape index (κ3) is 1.67. The first-order valence-corrected chi connectivity index (χ1v) is 4.90. The highest BCUT2D eigenvalue weighted by Gasteiger charge is 2.10. The van der Waals surface area contributed by atoms with E-state index in [1.54, 1.807) is 0 Å². The van der Waals surface area contributed by atoms with E-state index in [0.717, 1.165) is 34.6 Å². The molecule has 3 nitrogen and oxygen atoms in total. The number of amidine groups is 1. The number of benzene rings is 1. The lowest BCUT2D eigenvalue weighted by atomic mass is 10.1. The predicted molar refractivity (Wildman–Crippen MR) is 58.0 cm³/mol. The minimum Gasteiger partial charge on any atom is -0.398 e. The summed E-state index contributed by atoms with van der Waals surface area (Å²) < 4.78 is 0.993. The molecule has 0 saturated carbocycles. The van der Waals surface area contributed by atoms with E-state index in [1.165, 1.54) is 0 Å². The fourth-order valence-corrected chi connectivity index (χ4v) is 1.71. The number of hydrogen-bond donors (Lipinski definition) is 2. The number of rotatable bonds is 1. The summed E-state index contributed by atoms with van der Waals surface area (Å²) in [4.78, 5) is 4.31. The van der Waals surface area contributed by atoms with Crippen LogP contribution >= 0.6 is 15.9 Å². The molecule has 0 radical (unpaired) electrons. The maximum Gasteiger partial charge on any atom is 0.130 e. The Morgan fingerprint density at radius 3 is 2.92 bits per heavy atom. The van der Waals surface area contributed by atoms with Gasteiger partial charge in [-0.1, -0.05) is 15.9 Å². The van der Waals surface area contributed by atoms with Gasteiger partial charge in [0.1, 0.15) is 5.84 Å². The number of nitrogens with zero attached hydrogens (tertiary/aromatic N) is 1. The lowest BCUT2D eigenvalue weighted by Gasteiger charge is -2.05. The summed E-state index contributed by atoms with van der Waals surface area (Å²) >= 11 is 3.36. The fourth-order valence-electron chi connectivity index (χ4n) is 1.33. The SMILES string of the molecule is Nc1cc(Br)ccc1C1=NCCN1. The first-order chi connectivity index (χ1) is 6.27. The van der Waals surface area contributed by atoms with Crippen LogP contribution in [-0.4, -0.2) is 18.9 Å². The van der Waals surface area contributed by atoms with E-state index in [4.69, 9.17) is 5.73 Å². The lowest BCUT2D eigenvalue weighted by Crippen LogP contribution is -2.20. The summed E-state index contributed by atoms with van der Waals surface area (Å²) in [5.74, 6) is 0.907. The van der Waals surface area contributed by atoms with Gasteiger partial charge in [-0.3, -0.25) is 4.99 Å². The van der Waals surface area contributed by atoms with Crippen LogP contribution in [0.25, 0.3) is 0 Å². The van der Waals surface area contributed by atoms with Crippen molar-refractivity contribution in [1.82, 2.24) is 5.32 Å². The third-order valence-corrected chi connectivity index (χ3v) is 2.44. The van der Waals surface area contributed by atoms with Crippen LogP contribution in [0.4, 0.5) is 5.69 Å². The molecule has 1 aliphatic rings. The van der Waals surface area contributed by atoms with Crippen LogP contribution < -0.4 is 11.1 Å². The minimum absolute atomic E-state index is 0.752. The lowest BCUT2D eigenvalue weighted by molar-refractivity contribution is 0.960. The molecule has 0 aromatic heterocycles. The zero-order chi connectivity index (χ0) is 9.26. The van der Waals surface area contributed by atoms with Crippen molar-refractivity contribution in [3.63, 3.8) is 0 Å². The van der Waals surface area contributed by atoms with Crippen molar-refractivity contribution in [1.29, 1.82) is 0 Å². The average molecular weight is 240 g/mol. The van der Waals surface area contributed by atoms with Crippen molar-refractivity contribution >= 4 is 27.5 Å². The fraction of sp³-hybridized carbons (Fsp3) is 0.222. The Kier molecular flexibility index (Phi) is 2.22. The second kappa shape index (κ2) is 3.38. The Morgan fingerprint density at radius 2 is 2.31 bits per heavy atom. The van der Waals surface area contributed by atoms with Crippen LogP contribution in [-0.2, 0) is 0 Å². The minimum atomic E-state index is 0.752. The molecular formula is C9H10BrN3. The predicted octanol–water partition coefficient (Wildman–Crippen LogP) is 1.38. The molecule has 0 spiro atoms. The van der Waals surface area contributed by atoms with E-state index in [0.29, 0.717) is 0 Å². The molecule has 0 atom stereocenters.